The highest BCUT2D eigenvalue weighted by molar-refractivity contribution is 6.06. The number of piperidine rings is 1. The van der Waals surface area contributed by atoms with E-state index in [4.69, 9.17) is 9.47 Å². The van der Waals surface area contributed by atoms with Gasteiger partial charge in [-0.15, -0.1) is 0 Å². The number of ether oxygens (including phenoxy) is 2. The summed E-state index contributed by atoms with van der Waals surface area (Å²) in [4.78, 5) is 50.0. The van der Waals surface area contributed by atoms with E-state index in [0.717, 1.165) is 6.54 Å². The minimum Gasteiger partial charge on any atom is -0.378 e. The second-order valence-electron chi connectivity index (χ2n) is 7.05. The van der Waals surface area contributed by atoms with Crippen LogP contribution < -0.4 is 16.0 Å². The number of hydrogen-bond acceptors (Lipinski definition) is 7. The Hall–Kier alpha value is -2.82. The number of anilines is 1. The maximum Gasteiger partial charge on any atom is 0.255 e. The lowest BCUT2D eigenvalue weighted by Gasteiger charge is -2.29. The van der Waals surface area contributed by atoms with E-state index >= 15 is 0 Å². The Morgan fingerprint density at radius 1 is 1.20 bits per heavy atom. The lowest BCUT2D eigenvalue weighted by molar-refractivity contribution is -0.137. The van der Waals surface area contributed by atoms with Gasteiger partial charge in [-0.1, -0.05) is 6.07 Å². The van der Waals surface area contributed by atoms with Crippen molar-refractivity contribution in [3.05, 3.63) is 29.3 Å². The first kappa shape index (κ1) is 21.9. The first-order chi connectivity index (χ1) is 14.5. The molecule has 2 heterocycles. The average molecular weight is 418 g/mol. The molecule has 2 aliphatic heterocycles. The number of hydrogen-bond donors (Lipinski definition) is 3. The van der Waals surface area contributed by atoms with E-state index in [-0.39, 0.29) is 43.7 Å². The molecule has 0 bridgehead atoms. The summed E-state index contributed by atoms with van der Waals surface area (Å²) >= 11 is 0. The Labute approximate surface area is 174 Å². The summed E-state index contributed by atoms with van der Waals surface area (Å²) in [5, 5.41) is 8.00. The molecule has 1 unspecified atom stereocenters. The third kappa shape index (κ3) is 5.21. The van der Waals surface area contributed by atoms with E-state index in [1.807, 2.05) is 7.05 Å². The summed E-state index contributed by atoms with van der Waals surface area (Å²) in [6.45, 7) is 2.06. The lowest BCUT2D eigenvalue weighted by Crippen LogP contribution is -2.52. The molecule has 1 fully saturated rings. The van der Waals surface area contributed by atoms with Crippen molar-refractivity contribution in [2.75, 3.05) is 45.3 Å². The Morgan fingerprint density at radius 2 is 2.00 bits per heavy atom. The molecular weight excluding hydrogens is 392 g/mol. The largest absolute Gasteiger partial charge is 0.378 e. The molecule has 2 aliphatic rings. The van der Waals surface area contributed by atoms with Crippen molar-refractivity contribution >= 4 is 29.3 Å². The number of nitrogens with one attached hydrogen (secondary N) is 3. The predicted octanol–water partition coefficient (Wildman–Crippen LogP) is -0.361. The lowest BCUT2D eigenvalue weighted by atomic mass is 10.0. The smallest absolute Gasteiger partial charge is 0.255 e. The van der Waals surface area contributed by atoms with E-state index in [1.54, 1.807) is 18.2 Å². The van der Waals surface area contributed by atoms with Gasteiger partial charge < -0.3 is 25.0 Å². The second-order valence-corrected chi connectivity index (χ2v) is 7.05. The van der Waals surface area contributed by atoms with Crippen LogP contribution in [0.25, 0.3) is 0 Å². The summed E-state index contributed by atoms with van der Waals surface area (Å²) in [5.41, 5.74) is 1.60. The monoisotopic (exact) mass is 418 g/mol. The van der Waals surface area contributed by atoms with Crippen LogP contribution in [0.3, 0.4) is 0 Å². The number of carbonyl (C=O) groups excluding carboxylic acids is 4. The highest BCUT2D eigenvalue weighted by atomic mass is 16.5. The van der Waals surface area contributed by atoms with Gasteiger partial charge in [0.1, 0.15) is 12.6 Å². The maximum absolute atomic E-state index is 12.8. The standard InChI is InChI=1S/C20H26N4O6/c1-21-7-8-29-9-10-30-12-18(26)22-15-4-2-3-13-14(15)11-24(20(13)28)16-5-6-17(25)23-19(16)27/h2-4,16,21H,5-12H2,1H3,(H,22,26)(H,23,25,27). The van der Waals surface area contributed by atoms with E-state index < -0.39 is 11.9 Å². The number of nitrogens with zero attached hydrogens (tertiary/aromatic N) is 1. The normalized spacial score (nSPS) is 18.4. The summed E-state index contributed by atoms with van der Waals surface area (Å²) in [7, 11) is 1.84. The van der Waals surface area contributed by atoms with Crippen molar-refractivity contribution in [1.29, 1.82) is 0 Å². The number of fused-ring (bicyclic) bond motifs is 1. The van der Waals surface area contributed by atoms with Crippen LogP contribution in [0, 0.1) is 0 Å². The van der Waals surface area contributed by atoms with Crippen molar-refractivity contribution in [2.45, 2.75) is 25.4 Å². The highest BCUT2D eigenvalue weighted by Gasteiger charge is 2.39. The Kier molecular flexibility index (Phi) is 7.50. The molecule has 1 atom stereocenters. The van der Waals surface area contributed by atoms with Gasteiger partial charge in [0, 0.05) is 36.3 Å². The predicted molar refractivity (Wildman–Crippen MR) is 107 cm³/mol. The number of likely N-dealkylation sites (N-methyl/N-ethyl adjacent to an activating group) is 1. The Bertz CT molecular complexity index is 828. The molecule has 3 rings (SSSR count). The van der Waals surface area contributed by atoms with Crippen molar-refractivity contribution in [3.8, 4) is 0 Å². The Morgan fingerprint density at radius 3 is 2.77 bits per heavy atom. The van der Waals surface area contributed by atoms with Gasteiger partial charge >= 0.3 is 0 Å². The van der Waals surface area contributed by atoms with Gasteiger partial charge in [0.15, 0.2) is 0 Å². The second kappa shape index (κ2) is 10.3. The van der Waals surface area contributed by atoms with Gasteiger partial charge in [-0.05, 0) is 25.6 Å². The third-order valence-electron chi connectivity index (χ3n) is 4.96. The van der Waals surface area contributed by atoms with Crippen molar-refractivity contribution in [1.82, 2.24) is 15.5 Å². The number of amides is 4. The molecule has 0 saturated carbocycles. The fourth-order valence-electron chi connectivity index (χ4n) is 3.45. The SMILES string of the molecule is CNCCOCCOCC(=O)Nc1cccc2c1CN(C1CCC(=O)NC1=O)C2=O. The highest BCUT2D eigenvalue weighted by Crippen LogP contribution is 2.32. The van der Waals surface area contributed by atoms with Gasteiger partial charge in [0.05, 0.1) is 19.8 Å². The van der Waals surface area contributed by atoms with Gasteiger partial charge in [-0.3, -0.25) is 24.5 Å². The van der Waals surface area contributed by atoms with E-state index in [0.29, 0.717) is 36.6 Å². The molecule has 0 radical (unpaired) electrons. The minimum absolute atomic E-state index is 0.135. The molecule has 0 spiro atoms. The topological polar surface area (TPSA) is 126 Å². The van der Waals surface area contributed by atoms with Crippen LogP contribution in [0.4, 0.5) is 5.69 Å². The first-order valence-corrected chi connectivity index (χ1v) is 9.87. The molecule has 30 heavy (non-hydrogen) atoms. The molecule has 1 aromatic carbocycles. The molecule has 1 aromatic rings. The molecule has 4 amide bonds. The fourth-order valence-corrected chi connectivity index (χ4v) is 3.45. The zero-order valence-electron chi connectivity index (χ0n) is 16.9. The first-order valence-electron chi connectivity index (χ1n) is 9.87. The van der Waals surface area contributed by atoms with Gasteiger partial charge in [0.25, 0.3) is 5.91 Å². The van der Waals surface area contributed by atoms with Crippen LogP contribution in [0.2, 0.25) is 0 Å². The number of rotatable bonds is 10. The molecule has 10 heteroatoms. The van der Waals surface area contributed by atoms with Crippen LogP contribution in [0.5, 0.6) is 0 Å². The summed E-state index contributed by atoms with van der Waals surface area (Å²) in [6.07, 6.45) is 0.479. The molecule has 10 nitrogen and oxygen atoms in total. The van der Waals surface area contributed by atoms with Crippen LogP contribution in [-0.2, 0) is 30.4 Å². The van der Waals surface area contributed by atoms with Crippen molar-refractivity contribution in [3.63, 3.8) is 0 Å². The van der Waals surface area contributed by atoms with Crippen LogP contribution in [0.1, 0.15) is 28.8 Å². The molecule has 3 N–H and O–H groups in total. The van der Waals surface area contributed by atoms with Crippen molar-refractivity contribution in [2.24, 2.45) is 0 Å². The van der Waals surface area contributed by atoms with Crippen LogP contribution in [0.15, 0.2) is 18.2 Å². The summed E-state index contributed by atoms with van der Waals surface area (Å²) in [6, 6.07) is 4.35. The van der Waals surface area contributed by atoms with Gasteiger partial charge in [-0.25, -0.2) is 0 Å². The van der Waals surface area contributed by atoms with E-state index in [1.165, 1.54) is 4.90 Å². The zero-order chi connectivity index (χ0) is 21.5. The maximum atomic E-state index is 12.8. The fraction of sp³-hybridized carbons (Fsp3) is 0.500. The van der Waals surface area contributed by atoms with Crippen LogP contribution >= 0.6 is 0 Å². The summed E-state index contributed by atoms with van der Waals surface area (Å²) in [5.74, 6) is -1.43. The zero-order valence-corrected chi connectivity index (χ0v) is 16.9. The molecule has 0 aromatic heterocycles. The molecular formula is C20H26N4O6. The molecule has 1 saturated heterocycles. The van der Waals surface area contributed by atoms with Gasteiger partial charge in [-0.2, -0.15) is 0 Å². The number of imide groups is 1. The minimum atomic E-state index is -0.697. The van der Waals surface area contributed by atoms with Crippen molar-refractivity contribution < 1.29 is 28.7 Å². The van der Waals surface area contributed by atoms with E-state index in [9.17, 15) is 19.2 Å². The average Bonchev–Trinajstić information content (AvgIpc) is 3.05. The van der Waals surface area contributed by atoms with Gasteiger partial charge in [0.2, 0.25) is 17.7 Å². The van der Waals surface area contributed by atoms with Crippen LogP contribution in [-0.4, -0.2) is 74.6 Å². The Balaban J connectivity index is 1.55. The molecule has 162 valence electrons. The quantitative estimate of drug-likeness (QED) is 0.350. The number of benzene rings is 1. The molecule has 0 aliphatic carbocycles. The van der Waals surface area contributed by atoms with E-state index in [2.05, 4.69) is 16.0 Å². The third-order valence-corrected chi connectivity index (χ3v) is 4.96. The number of carbonyl (C=O) groups is 4. The summed E-state index contributed by atoms with van der Waals surface area (Å²) < 4.78 is 10.6.